The molecule has 0 aliphatic carbocycles. The zero-order valence-corrected chi connectivity index (χ0v) is 9.17. The zero-order chi connectivity index (χ0) is 11.1. The predicted molar refractivity (Wildman–Crippen MR) is 57.8 cm³/mol. The van der Waals surface area contributed by atoms with Crippen LogP contribution in [0.4, 0.5) is 0 Å². The van der Waals surface area contributed by atoms with Crippen molar-refractivity contribution in [1.29, 1.82) is 0 Å². The van der Waals surface area contributed by atoms with Crippen molar-refractivity contribution in [3.63, 3.8) is 0 Å². The molecular formula is C9H18N4O2. The number of carbonyl (C=O) groups is 1. The Morgan fingerprint density at radius 3 is 3.13 bits per heavy atom. The van der Waals surface area contributed by atoms with Crippen LogP contribution in [-0.2, 0) is 9.53 Å². The molecule has 1 aliphatic heterocycles. The summed E-state index contributed by atoms with van der Waals surface area (Å²) in [7, 11) is 1.60. The number of rotatable bonds is 5. The first-order valence-electron chi connectivity index (χ1n) is 5.03. The fourth-order valence-electron chi connectivity index (χ4n) is 1.18. The van der Waals surface area contributed by atoms with E-state index in [1.165, 1.54) is 0 Å². The van der Waals surface area contributed by atoms with Gasteiger partial charge in [0.05, 0.1) is 19.7 Å². The van der Waals surface area contributed by atoms with Gasteiger partial charge in [0.1, 0.15) is 0 Å². The smallest absolute Gasteiger partial charge is 0.239 e. The molecule has 1 amide bonds. The molecular weight excluding hydrogens is 196 g/mol. The molecule has 1 heterocycles. The average molecular weight is 214 g/mol. The number of methoxy groups -OCH3 is 1. The largest absolute Gasteiger partial charge is 0.383 e. The van der Waals surface area contributed by atoms with E-state index in [1.54, 1.807) is 7.11 Å². The fraction of sp³-hybridized carbons (Fsp3) is 0.778. The lowest BCUT2D eigenvalue weighted by Gasteiger charge is -2.08. The van der Waals surface area contributed by atoms with Crippen LogP contribution in [0.5, 0.6) is 0 Å². The summed E-state index contributed by atoms with van der Waals surface area (Å²) in [5.74, 6) is 0.639. The van der Waals surface area contributed by atoms with Crippen LogP contribution < -0.4 is 16.0 Å². The number of ether oxygens (including phenoxy) is 1. The molecule has 6 heteroatoms. The highest BCUT2D eigenvalue weighted by molar-refractivity contribution is 5.87. The van der Waals surface area contributed by atoms with E-state index >= 15 is 0 Å². The molecule has 1 atom stereocenters. The summed E-state index contributed by atoms with van der Waals surface area (Å²) >= 11 is 0. The molecule has 1 unspecified atom stereocenters. The van der Waals surface area contributed by atoms with Gasteiger partial charge in [-0.1, -0.05) is 0 Å². The van der Waals surface area contributed by atoms with E-state index in [0.717, 1.165) is 6.54 Å². The van der Waals surface area contributed by atoms with E-state index in [0.29, 0.717) is 25.2 Å². The standard InChI is InChI=1S/C9H18N4O2/c1-7-5-11-9(13-7)12-6-8(14)10-3-4-15-2/h7H,3-6H2,1-2H3,(H,10,14)(H2,11,12,13). The summed E-state index contributed by atoms with van der Waals surface area (Å²) in [5.41, 5.74) is 0. The molecule has 86 valence electrons. The highest BCUT2D eigenvalue weighted by Gasteiger charge is 2.12. The minimum absolute atomic E-state index is 0.0592. The Morgan fingerprint density at radius 2 is 2.53 bits per heavy atom. The van der Waals surface area contributed by atoms with Gasteiger partial charge < -0.3 is 20.7 Å². The maximum Gasteiger partial charge on any atom is 0.239 e. The number of hydrogen-bond acceptors (Lipinski definition) is 5. The van der Waals surface area contributed by atoms with Gasteiger partial charge >= 0.3 is 0 Å². The summed E-state index contributed by atoms with van der Waals surface area (Å²) in [6, 6.07) is 0.351. The van der Waals surface area contributed by atoms with Crippen LogP contribution >= 0.6 is 0 Å². The lowest BCUT2D eigenvalue weighted by Crippen LogP contribution is -2.43. The number of hydrogen-bond donors (Lipinski definition) is 3. The number of guanidine groups is 1. The fourth-order valence-corrected chi connectivity index (χ4v) is 1.18. The molecule has 0 fully saturated rings. The highest BCUT2D eigenvalue weighted by Crippen LogP contribution is 1.91. The second-order valence-electron chi connectivity index (χ2n) is 3.43. The third-order valence-electron chi connectivity index (χ3n) is 1.95. The summed E-state index contributed by atoms with van der Waals surface area (Å²) in [4.78, 5) is 15.4. The Hall–Kier alpha value is -1.30. The van der Waals surface area contributed by atoms with Crippen LogP contribution in [0.1, 0.15) is 6.92 Å². The van der Waals surface area contributed by atoms with Gasteiger partial charge in [-0.05, 0) is 6.92 Å². The Kier molecular flexibility index (Phi) is 4.89. The number of amides is 1. The van der Waals surface area contributed by atoms with Crippen molar-refractivity contribution < 1.29 is 9.53 Å². The van der Waals surface area contributed by atoms with Crippen LogP contribution in [0, 0.1) is 0 Å². The van der Waals surface area contributed by atoms with Crippen LogP contribution in [0.25, 0.3) is 0 Å². The first kappa shape index (κ1) is 11.8. The van der Waals surface area contributed by atoms with Crippen LogP contribution in [0.2, 0.25) is 0 Å². The minimum atomic E-state index is -0.0592. The SMILES string of the molecule is COCCNC(=O)CNC1=NCC(C)N1. The summed E-state index contributed by atoms with van der Waals surface area (Å²) in [5, 5.41) is 8.74. The first-order valence-corrected chi connectivity index (χ1v) is 5.03. The molecule has 1 rings (SSSR count). The lowest BCUT2D eigenvalue weighted by atomic mass is 10.4. The molecule has 0 spiro atoms. The van der Waals surface area contributed by atoms with Gasteiger partial charge in [0, 0.05) is 19.7 Å². The number of aliphatic imine (C=N–C) groups is 1. The van der Waals surface area contributed by atoms with E-state index in [-0.39, 0.29) is 12.5 Å². The molecule has 6 nitrogen and oxygen atoms in total. The van der Waals surface area contributed by atoms with Crippen molar-refractivity contribution >= 4 is 11.9 Å². The molecule has 0 radical (unpaired) electrons. The summed E-state index contributed by atoms with van der Waals surface area (Å²) < 4.78 is 4.81. The molecule has 0 bridgehead atoms. The van der Waals surface area contributed by atoms with Gasteiger partial charge in [-0.15, -0.1) is 0 Å². The second kappa shape index (κ2) is 6.23. The van der Waals surface area contributed by atoms with Gasteiger partial charge in [-0.3, -0.25) is 9.79 Å². The molecule has 0 saturated carbocycles. The molecule has 3 N–H and O–H groups in total. The number of carbonyl (C=O) groups excluding carboxylic acids is 1. The molecule has 1 aliphatic rings. The zero-order valence-electron chi connectivity index (χ0n) is 9.17. The third kappa shape index (κ3) is 4.64. The Labute approximate surface area is 89.5 Å². The van der Waals surface area contributed by atoms with Gasteiger partial charge in [0.15, 0.2) is 5.96 Å². The predicted octanol–water partition coefficient (Wildman–Crippen LogP) is -1.31. The minimum Gasteiger partial charge on any atom is -0.383 e. The quantitative estimate of drug-likeness (QED) is 0.497. The van der Waals surface area contributed by atoms with Gasteiger partial charge in [-0.2, -0.15) is 0 Å². The maximum absolute atomic E-state index is 11.2. The van der Waals surface area contributed by atoms with Crippen LogP contribution in [-0.4, -0.2) is 51.3 Å². The molecule has 0 saturated heterocycles. The van der Waals surface area contributed by atoms with E-state index in [1.807, 2.05) is 6.92 Å². The second-order valence-corrected chi connectivity index (χ2v) is 3.43. The summed E-state index contributed by atoms with van der Waals surface area (Å²) in [6.07, 6.45) is 0. The van der Waals surface area contributed by atoms with Crippen LogP contribution in [0.15, 0.2) is 4.99 Å². The van der Waals surface area contributed by atoms with Crippen molar-refractivity contribution in [2.24, 2.45) is 4.99 Å². The lowest BCUT2D eigenvalue weighted by molar-refractivity contribution is -0.120. The number of nitrogens with zero attached hydrogens (tertiary/aromatic N) is 1. The molecule has 0 aromatic rings. The third-order valence-corrected chi connectivity index (χ3v) is 1.95. The monoisotopic (exact) mass is 214 g/mol. The molecule has 0 aromatic carbocycles. The number of nitrogens with one attached hydrogen (secondary N) is 3. The molecule has 15 heavy (non-hydrogen) atoms. The van der Waals surface area contributed by atoms with Crippen molar-refractivity contribution in [3.8, 4) is 0 Å². The molecule has 0 aromatic heterocycles. The summed E-state index contributed by atoms with van der Waals surface area (Å²) in [6.45, 7) is 4.10. The van der Waals surface area contributed by atoms with E-state index in [4.69, 9.17) is 4.74 Å². The van der Waals surface area contributed by atoms with Crippen molar-refractivity contribution in [1.82, 2.24) is 16.0 Å². The van der Waals surface area contributed by atoms with Gasteiger partial charge in [-0.25, -0.2) is 0 Å². The van der Waals surface area contributed by atoms with E-state index in [9.17, 15) is 4.79 Å². The Bertz CT molecular complexity index is 242. The highest BCUT2D eigenvalue weighted by atomic mass is 16.5. The Balaban J connectivity index is 2.06. The first-order chi connectivity index (χ1) is 7.22. The normalized spacial score (nSPS) is 19.3. The van der Waals surface area contributed by atoms with E-state index in [2.05, 4.69) is 20.9 Å². The van der Waals surface area contributed by atoms with Crippen LogP contribution in [0.3, 0.4) is 0 Å². The van der Waals surface area contributed by atoms with E-state index < -0.39 is 0 Å². The van der Waals surface area contributed by atoms with Crippen molar-refractivity contribution in [2.75, 3.05) is 33.4 Å². The average Bonchev–Trinajstić information content (AvgIpc) is 2.62. The van der Waals surface area contributed by atoms with Crippen molar-refractivity contribution in [3.05, 3.63) is 0 Å². The maximum atomic E-state index is 11.2. The Morgan fingerprint density at radius 1 is 1.73 bits per heavy atom. The van der Waals surface area contributed by atoms with Crippen molar-refractivity contribution in [2.45, 2.75) is 13.0 Å². The topological polar surface area (TPSA) is 74.8 Å². The van der Waals surface area contributed by atoms with Gasteiger partial charge in [0.25, 0.3) is 0 Å². The van der Waals surface area contributed by atoms with Gasteiger partial charge in [0.2, 0.25) is 5.91 Å².